The molecule has 1 unspecified atom stereocenters. The Hall–Kier alpha value is -3.41. The summed E-state index contributed by atoms with van der Waals surface area (Å²) in [6.45, 7) is 4.11. The number of esters is 1. The van der Waals surface area contributed by atoms with E-state index in [1.807, 2.05) is 56.3 Å². The van der Waals surface area contributed by atoms with Crippen molar-refractivity contribution in [2.24, 2.45) is 0 Å². The Kier molecular flexibility index (Phi) is 4.47. The first kappa shape index (κ1) is 18.0. The fraction of sp³-hybridized carbons (Fsp3) is 0.227. The normalized spacial score (nSPS) is 17.5. The molecule has 2 aromatic carbocycles. The number of hydrogen-bond donors (Lipinski definition) is 1. The Morgan fingerprint density at radius 2 is 1.86 bits per heavy atom. The molecule has 0 aliphatic carbocycles. The second kappa shape index (κ2) is 6.96. The summed E-state index contributed by atoms with van der Waals surface area (Å²) in [5.41, 5.74) is 1.93. The van der Waals surface area contributed by atoms with Gasteiger partial charge in [0, 0.05) is 6.54 Å². The number of fused-ring (bicyclic) bond motifs is 1. The highest BCUT2D eigenvalue weighted by molar-refractivity contribution is 5.94. The zero-order chi connectivity index (χ0) is 19.7. The van der Waals surface area contributed by atoms with Gasteiger partial charge in [-0.05, 0) is 31.0 Å². The second-order valence-electron chi connectivity index (χ2n) is 7.34. The summed E-state index contributed by atoms with van der Waals surface area (Å²) < 4.78 is 7.46. The second-order valence-corrected chi connectivity index (χ2v) is 7.34. The number of hydrogen-bond acceptors (Lipinski definition) is 4. The molecule has 6 nitrogen and oxygen atoms in total. The maximum Gasteiger partial charge on any atom is 0.339 e. The minimum absolute atomic E-state index is 0.230. The van der Waals surface area contributed by atoms with Crippen LogP contribution >= 0.6 is 0 Å². The summed E-state index contributed by atoms with van der Waals surface area (Å²) >= 11 is 0. The Morgan fingerprint density at radius 1 is 1.14 bits per heavy atom. The molecule has 2 heterocycles. The third kappa shape index (κ3) is 3.17. The van der Waals surface area contributed by atoms with Crippen LogP contribution < -0.4 is 5.32 Å². The zero-order valence-electron chi connectivity index (χ0n) is 15.8. The van der Waals surface area contributed by atoms with Crippen molar-refractivity contribution in [3.63, 3.8) is 0 Å². The van der Waals surface area contributed by atoms with Gasteiger partial charge >= 0.3 is 5.97 Å². The Morgan fingerprint density at radius 3 is 2.64 bits per heavy atom. The summed E-state index contributed by atoms with van der Waals surface area (Å²) in [4.78, 5) is 29.4. The van der Waals surface area contributed by atoms with Crippen molar-refractivity contribution in [1.82, 2.24) is 14.9 Å². The molecule has 1 aromatic heterocycles. The molecule has 142 valence electrons. The van der Waals surface area contributed by atoms with Gasteiger partial charge in [-0.15, -0.1) is 0 Å². The predicted octanol–water partition coefficient (Wildman–Crippen LogP) is 3.35. The third-order valence-corrected chi connectivity index (χ3v) is 4.96. The van der Waals surface area contributed by atoms with Gasteiger partial charge in [-0.1, -0.05) is 48.5 Å². The Balaban J connectivity index is 1.67. The van der Waals surface area contributed by atoms with Crippen molar-refractivity contribution in [1.29, 1.82) is 0 Å². The van der Waals surface area contributed by atoms with Crippen molar-refractivity contribution >= 4 is 11.9 Å². The van der Waals surface area contributed by atoms with Crippen LogP contribution in [0.2, 0.25) is 0 Å². The molecule has 0 bridgehead atoms. The van der Waals surface area contributed by atoms with Crippen LogP contribution in [0.1, 0.15) is 51.9 Å². The number of rotatable bonds is 4. The molecule has 0 spiro atoms. The van der Waals surface area contributed by atoms with Crippen LogP contribution in [0, 0.1) is 0 Å². The molecule has 0 saturated carbocycles. The number of amides is 1. The van der Waals surface area contributed by atoms with Gasteiger partial charge in [0.1, 0.15) is 17.3 Å². The van der Waals surface area contributed by atoms with E-state index in [1.54, 1.807) is 23.0 Å². The molecule has 3 aromatic rings. The van der Waals surface area contributed by atoms with E-state index in [1.165, 1.54) is 6.20 Å². The van der Waals surface area contributed by atoms with Crippen molar-refractivity contribution in [2.45, 2.75) is 32.0 Å². The number of ether oxygens (including phenoxy) is 1. The molecule has 1 aliphatic heterocycles. The standard InChI is InChI=1S/C22H21N3O3/c1-22(2)19(16-10-6-7-11-17(16)21(27)28-22)25-14-23-13-18(25)20(26)24-12-15-8-4-3-5-9-15/h3-11,13-14,19H,12H2,1-2H3,(H,24,26). The monoisotopic (exact) mass is 375 g/mol. The lowest BCUT2D eigenvalue weighted by molar-refractivity contribution is -0.0263. The fourth-order valence-corrected chi connectivity index (χ4v) is 3.69. The molecule has 6 heteroatoms. The van der Waals surface area contributed by atoms with Gasteiger partial charge in [-0.25, -0.2) is 9.78 Å². The number of imidazole rings is 1. The molecular formula is C22H21N3O3. The maximum absolute atomic E-state index is 12.9. The van der Waals surface area contributed by atoms with E-state index in [9.17, 15) is 9.59 Å². The van der Waals surface area contributed by atoms with Crippen LogP contribution in [0.5, 0.6) is 0 Å². The lowest BCUT2D eigenvalue weighted by atomic mass is 9.85. The molecule has 0 fully saturated rings. The van der Waals surface area contributed by atoms with Crippen LogP contribution in [0.25, 0.3) is 0 Å². The van der Waals surface area contributed by atoms with Gasteiger partial charge in [0.15, 0.2) is 0 Å². The SMILES string of the molecule is CC1(C)OC(=O)c2ccccc2C1n1cncc1C(=O)NCc1ccccc1. The van der Waals surface area contributed by atoms with E-state index in [0.29, 0.717) is 17.8 Å². The molecule has 4 rings (SSSR count). The van der Waals surface area contributed by atoms with Crippen molar-refractivity contribution in [2.75, 3.05) is 0 Å². The van der Waals surface area contributed by atoms with E-state index < -0.39 is 5.60 Å². The Bertz CT molecular complexity index is 1020. The molecule has 1 aliphatic rings. The van der Waals surface area contributed by atoms with E-state index in [4.69, 9.17) is 4.74 Å². The van der Waals surface area contributed by atoms with Crippen molar-refractivity contribution in [3.05, 3.63) is 89.5 Å². The van der Waals surface area contributed by atoms with E-state index in [0.717, 1.165) is 11.1 Å². The van der Waals surface area contributed by atoms with Crippen LogP contribution in [0.15, 0.2) is 67.1 Å². The van der Waals surface area contributed by atoms with Crippen molar-refractivity contribution in [3.8, 4) is 0 Å². The van der Waals surface area contributed by atoms with Gasteiger partial charge in [0.2, 0.25) is 0 Å². The average Bonchev–Trinajstić information content (AvgIpc) is 3.15. The molecular weight excluding hydrogens is 354 g/mol. The molecule has 0 radical (unpaired) electrons. The number of carbonyl (C=O) groups excluding carboxylic acids is 2. The summed E-state index contributed by atoms with van der Waals surface area (Å²) in [6, 6.07) is 16.7. The van der Waals surface area contributed by atoms with Crippen LogP contribution in [0.4, 0.5) is 0 Å². The highest BCUT2D eigenvalue weighted by Gasteiger charge is 2.43. The van der Waals surface area contributed by atoms with Gasteiger partial charge in [-0.2, -0.15) is 0 Å². The van der Waals surface area contributed by atoms with Gasteiger partial charge in [0.25, 0.3) is 5.91 Å². The lowest BCUT2D eigenvalue weighted by Crippen LogP contribution is -2.44. The topological polar surface area (TPSA) is 73.2 Å². The minimum atomic E-state index is -0.833. The highest BCUT2D eigenvalue weighted by Crippen LogP contribution is 2.40. The smallest absolute Gasteiger partial charge is 0.339 e. The summed E-state index contributed by atoms with van der Waals surface area (Å²) in [5.74, 6) is -0.585. The summed E-state index contributed by atoms with van der Waals surface area (Å²) in [6.07, 6.45) is 3.15. The number of nitrogens with one attached hydrogen (secondary N) is 1. The van der Waals surface area contributed by atoms with E-state index in [-0.39, 0.29) is 17.9 Å². The van der Waals surface area contributed by atoms with E-state index >= 15 is 0 Å². The van der Waals surface area contributed by atoms with Crippen LogP contribution in [-0.4, -0.2) is 27.0 Å². The molecule has 1 atom stereocenters. The van der Waals surface area contributed by atoms with E-state index in [2.05, 4.69) is 10.3 Å². The maximum atomic E-state index is 12.9. The third-order valence-electron chi connectivity index (χ3n) is 4.96. The number of nitrogens with zero attached hydrogens (tertiary/aromatic N) is 2. The molecule has 28 heavy (non-hydrogen) atoms. The number of aromatic nitrogens is 2. The summed E-state index contributed by atoms with van der Waals surface area (Å²) in [5, 5.41) is 2.93. The minimum Gasteiger partial charge on any atom is -0.453 e. The number of carbonyl (C=O) groups is 2. The lowest BCUT2D eigenvalue weighted by Gasteiger charge is -2.40. The van der Waals surface area contributed by atoms with Crippen LogP contribution in [0.3, 0.4) is 0 Å². The Labute approximate surface area is 163 Å². The zero-order valence-corrected chi connectivity index (χ0v) is 15.8. The van der Waals surface area contributed by atoms with Gasteiger partial charge in [0.05, 0.1) is 18.1 Å². The van der Waals surface area contributed by atoms with Crippen LogP contribution in [-0.2, 0) is 11.3 Å². The van der Waals surface area contributed by atoms with Gasteiger partial charge in [-0.3, -0.25) is 4.79 Å². The molecule has 1 amide bonds. The number of benzene rings is 2. The largest absolute Gasteiger partial charge is 0.453 e. The highest BCUT2D eigenvalue weighted by atomic mass is 16.6. The predicted molar refractivity (Wildman–Crippen MR) is 104 cm³/mol. The first-order chi connectivity index (χ1) is 13.5. The molecule has 1 N–H and O–H groups in total. The first-order valence-electron chi connectivity index (χ1n) is 9.13. The first-order valence-corrected chi connectivity index (χ1v) is 9.13. The molecule has 0 saturated heterocycles. The average molecular weight is 375 g/mol. The fourth-order valence-electron chi connectivity index (χ4n) is 3.69. The summed E-state index contributed by atoms with van der Waals surface area (Å²) in [7, 11) is 0. The van der Waals surface area contributed by atoms with Crippen molar-refractivity contribution < 1.29 is 14.3 Å². The van der Waals surface area contributed by atoms with Gasteiger partial charge < -0.3 is 14.6 Å². The quantitative estimate of drug-likeness (QED) is 0.710. The number of cyclic esters (lactones) is 1.